The molecule has 0 unspecified atom stereocenters. The average Bonchev–Trinajstić information content (AvgIpc) is 1.64. The van der Waals surface area contributed by atoms with Crippen molar-refractivity contribution < 1.29 is 18.0 Å². The van der Waals surface area contributed by atoms with Crippen LogP contribution in [0, 0.1) is 0 Å². The third-order valence-corrected chi connectivity index (χ3v) is 0.638. The van der Waals surface area contributed by atoms with Crippen molar-refractivity contribution in [2.45, 2.75) is 13.1 Å². The number of alkyl halides is 3. The van der Waals surface area contributed by atoms with Gasteiger partial charge < -0.3 is 4.84 Å². The fourth-order valence-electron chi connectivity index (χ4n) is 0.189. The van der Waals surface area contributed by atoms with Crippen LogP contribution in [-0.4, -0.2) is 19.0 Å². The molecule has 9 heavy (non-hydrogen) atoms. The van der Waals surface area contributed by atoms with E-state index in [1.54, 1.807) is 0 Å². The van der Waals surface area contributed by atoms with Crippen LogP contribution in [-0.2, 0) is 4.84 Å². The van der Waals surface area contributed by atoms with E-state index in [-0.39, 0.29) is 0 Å². The molecule has 0 saturated heterocycles. The molecule has 0 aliphatic heterocycles. The van der Waals surface area contributed by atoms with E-state index in [9.17, 15) is 13.2 Å². The summed E-state index contributed by atoms with van der Waals surface area (Å²) in [7, 11) is 1.06. The van der Waals surface area contributed by atoms with Gasteiger partial charge in [-0.1, -0.05) is 5.16 Å². The number of hydrogen-bond donors (Lipinski definition) is 0. The number of hydrogen-bond acceptors (Lipinski definition) is 2. The van der Waals surface area contributed by atoms with Crippen molar-refractivity contribution in [1.29, 1.82) is 0 Å². The van der Waals surface area contributed by atoms with E-state index >= 15 is 0 Å². The largest absolute Gasteiger partial charge is 0.432 e. The van der Waals surface area contributed by atoms with Crippen LogP contribution in [0.5, 0.6) is 0 Å². The monoisotopic (exact) mass is 141 g/mol. The second kappa shape index (κ2) is 2.70. The Hall–Kier alpha value is -0.740. The Morgan fingerprint density at radius 3 is 2.00 bits per heavy atom. The summed E-state index contributed by atoms with van der Waals surface area (Å²) in [5, 5.41) is 2.69. The SMILES string of the molecule is CO/N=C(\C)C(F)(F)F. The molecule has 0 aromatic rings. The quantitative estimate of drug-likeness (QED) is 0.401. The molecule has 0 N–H and O–H groups in total. The third kappa shape index (κ3) is 2.94. The van der Waals surface area contributed by atoms with Crippen LogP contribution >= 0.6 is 0 Å². The normalized spacial score (nSPS) is 13.7. The van der Waals surface area contributed by atoms with E-state index in [1.165, 1.54) is 0 Å². The molecular formula is C4H6F3NO. The van der Waals surface area contributed by atoms with Gasteiger partial charge in [0.05, 0.1) is 0 Å². The number of rotatable bonds is 1. The van der Waals surface area contributed by atoms with Crippen molar-refractivity contribution in [2.24, 2.45) is 5.16 Å². The van der Waals surface area contributed by atoms with Crippen molar-refractivity contribution in [3.05, 3.63) is 0 Å². The van der Waals surface area contributed by atoms with E-state index in [4.69, 9.17) is 0 Å². The van der Waals surface area contributed by atoms with Gasteiger partial charge in [0.1, 0.15) is 7.11 Å². The molecular weight excluding hydrogens is 135 g/mol. The maximum atomic E-state index is 11.4. The molecule has 0 aliphatic carbocycles. The predicted octanol–water partition coefficient (Wildman–Crippen LogP) is 1.57. The molecule has 0 aromatic heterocycles. The highest BCUT2D eigenvalue weighted by atomic mass is 19.4. The number of halogens is 3. The van der Waals surface area contributed by atoms with Gasteiger partial charge in [-0.3, -0.25) is 0 Å². The Kier molecular flexibility index (Phi) is 2.48. The molecule has 54 valence electrons. The van der Waals surface area contributed by atoms with Gasteiger partial charge in [0.2, 0.25) is 0 Å². The average molecular weight is 141 g/mol. The van der Waals surface area contributed by atoms with E-state index in [2.05, 4.69) is 9.99 Å². The van der Waals surface area contributed by atoms with E-state index in [1.807, 2.05) is 0 Å². The van der Waals surface area contributed by atoms with Gasteiger partial charge in [-0.25, -0.2) is 0 Å². The molecule has 0 amide bonds. The number of oxime groups is 1. The van der Waals surface area contributed by atoms with Crippen LogP contribution < -0.4 is 0 Å². The molecule has 0 aromatic carbocycles. The Labute approximate surface area is 50.3 Å². The minimum Gasteiger partial charge on any atom is -0.399 e. The minimum absolute atomic E-state index is 0.837. The third-order valence-electron chi connectivity index (χ3n) is 0.638. The van der Waals surface area contributed by atoms with Crippen LogP contribution in [0.25, 0.3) is 0 Å². The molecule has 0 heterocycles. The van der Waals surface area contributed by atoms with E-state index in [0.29, 0.717) is 0 Å². The van der Waals surface area contributed by atoms with Gasteiger partial charge in [0.25, 0.3) is 0 Å². The van der Waals surface area contributed by atoms with Gasteiger partial charge in [-0.15, -0.1) is 0 Å². The molecule has 0 fully saturated rings. The summed E-state index contributed by atoms with van der Waals surface area (Å²) in [6.45, 7) is 0.837. The zero-order valence-corrected chi connectivity index (χ0v) is 4.99. The van der Waals surface area contributed by atoms with E-state index < -0.39 is 11.9 Å². The van der Waals surface area contributed by atoms with Crippen molar-refractivity contribution in [3.8, 4) is 0 Å². The molecule has 0 bridgehead atoms. The fraction of sp³-hybridized carbons (Fsp3) is 0.750. The molecule has 0 atom stereocenters. The summed E-state index contributed by atoms with van der Waals surface area (Å²) in [5.41, 5.74) is -0.981. The first kappa shape index (κ1) is 8.26. The summed E-state index contributed by atoms with van der Waals surface area (Å²) in [4.78, 5) is 3.90. The molecule has 0 spiro atoms. The lowest BCUT2D eigenvalue weighted by atomic mass is 10.4. The van der Waals surface area contributed by atoms with Crippen LogP contribution in [0.15, 0.2) is 5.16 Å². The highest BCUT2D eigenvalue weighted by Gasteiger charge is 2.32. The molecule has 2 nitrogen and oxygen atoms in total. The minimum atomic E-state index is -4.37. The van der Waals surface area contributed by atoms with Gasteiger partial charge >= 0.3 is 6.18 Å². The Morgan fingerprint density at radius 1 is 1.44 bits per heavy atom. The zero-order valence-electron chi connectivity index (χ0n) is 4.99. The zero-order chi connectivity index (χ0) is 7.49. The van der Waals surface area contributed by atoms with Gasteiger partial charge in [-0.2, -0.15) is 13.2 Å². The van der Waals surface area contributed by atoms with Crippen LogP contribution in [0.2, 0.25) is 0 Å². The summed E-state index contributed by atoms with van der Waals surface area (Å²) in [6, 6.07) is 0. The maximum Gasteiger partial charge on any atom is 0.432 e. The van der Waals surface area contributed by atoms with Crippen LogP contribution in [0.4, 0.5) is 13.2 Å². The number of nitrogens with zero attached hydrogens (tertiary/aromatic N) is 1. The summed E-state index contributed by atoms with van der Waals surface area (Å²) >= 11 is 0. The Bertz CT molecular complexity index is 117. The van der Waals surface area contributed by atoms with Gasteiger partial charge in [-0.05, 0) is 6.92 Å². The molecule has 0 rings (SSSR count). The summed E-state index contributed by atoms with van der Waals surface area (Å²) < 4.78 is 34.3. The van der Waals surface area contributed by atoms with Crippen molar-refractivity contribution in [2.75, 3.05) is 7.11 Å². The standard InChI is InChI=1S/C4H6F3NO/c1-3(8-9-2)4(5,6)7/h1-2H3/b8-3+. The maximum absolute atomic E-state index is 11.4. The first-order valence-electron chi connectivity index (χ1n) is 2.13. The first-order chi connectivity index (χ1) is 3.98. The first-order valence-corrected chi connectivity index (χ1v) is 2.13. The van der Waals surface area contributed by atoms with E-state index in [0.717, 1.165) is 14.0 Å². The van der Waals surface area contributed by atoms with Crippen LogP contribution in [0.3, 0.4) is 0 Å². The van der Waals surface area contributed by atoms with Crippen molar-refractivity contribution >= 4 is 5.71 Å². The van der Waals surface area contributed by atoms with Crippen LogP contribution in [0.1, 0.15) is 6.92 Å². The van der Waals surface area contributed by atoms with Gasteiger partial charge in [0, 0.05) is 0 Å². The second-order valence-corrected chi connectivity index (χ2v) is 1.36. The lowest BCUT2D eigenvalue weighted by Gasteiger charge is -2.02. The highest BCUT2D eigenvalue weighted by Crippen LogP contribution is 2.16. The molecule has 0 aliphatic rings. The Balaban J connectivity index is 4.03. The lowest BCUT2D eigenvalue weighted by Crippen LogP contribution is -2.19. The highest BCUT2D eigenvalue weighted by molar-refractivity contribution is 5.86. The Morgan fingerprint density at radius 2 is 1.89 bits per heavy atom. The smallest absolute Gasteiger partial charge is 0.399 e. The molecule has 0 saturated carbocycles. The second-order valence-electron chi connectivity index (χ2n) is 1.36. The topological polar surface area (TPSA) is 21.6 Å². The van der Waals surface area contributed by atoms with Crippen molar-refractivity contribution in [1.82, 2.24) is 0 Å². The molecule has 5 heteroatoms. The fourth-order valence-corrected chi connectivity index (χ4v) is 0.189. The lowest BCUT2D eigenvalue weighted by molar-refractivity contribution is -0.0620. The summed E-state index contributed by atoms with van der Waals surface area (Å²) in [6.07, 6.45) is -4.37. The molecule has 0 radical (unpaired) electrons. The predicted molar refractivity (Wildman–Crippen MR) is 26.2 cm³/mol. The van der Waals surface area contributed by atoms with Crippen molar-refractivity contribution in [3.63, 3.8) is 0 Å². The van der Waals surface area contributed by atoms with Gasteiger partial charge in [0.15, 0.2) is 5.71 Å². The summed E-state index contributed by atoms with van der Waals surface area (Å²) in [5.74, 6) is 0.